The van der Waals surface area contributed by atoms with Gasteiger partial charge in [0.15, 0.2) is 0 Å². The molecular weight excluding hydrogens is 436 g/mol. The molecule has 2 aliphatic heterocycles. The van der Waals surface area contributed by atoms with Gasteiger partial charge in [0, 0.05) is 48.6 Å². The van der Waals surface area contributed by atoms with Crippen molar-refractivity contribution in [2.24, 2.45) is 0 Å². The molecule has 31 heavy (non-hydrogen) atoms. The minimum Gasteiger partial charge on any atom is -0.363 e. The molecule has 1 saturated heterocycles. The molecule has 0 saturated carbocycles. The smallest absolute Gasteiger partial charge is 0.335 e. The lowest BCUT2D eigenvalue weighted by Gasteiger charge is -2.38. The number of likely N-dealkylation sites (N-methyl/N-ethyl adjacent to an activating group) is 1. The van der Waals surface area contributed by atoms with Crippen LogP contribution >= 0.6 is 11.6 Å². The first-order valence-electron chi connectivity index (χ1n) is 10.3. The zero-order chi connectivity index (χ0) is 22.0. The Morgan fingerprint density at radius 1 is 1.29 bits per heavy atom. The second-order valence-corrected chi connectivity index (χ2v) is 8.76. The average molecular weight is 461 g/mol. The van der Waals surface area contributed by atoms with Crippen molar-refractivity contribution in [3.63, 3.8) is 0 Å². The second-order valence-electron chi connectivity index (χ2n) is 8.24. The van der Waals surface area contributed by atoms with Crippen molar-refractivity contribution < 1.29 is 8.42 Å². The van der Waals surface area contributed by atoms with Crippen LogP contribution in [0.2, 0.25) is 5.15 Å². The lowest BCUT2D eigenvalue weighted by molar-refractivity contribution is 0.247. The van der Waals surface area contributed by atoms with E-state index in [0.29, 0.717) is 17.1 Å². The molecule has 0 spiro atoms. The fraction of sp³-hybridized carbons (Fsp3) is 0.476. The van der Waals surface area contributed by atoms with Crippen LogP contribution in [-0.2, 0) is 24.5 Å². The Morgan fingerprint density at radius 2 is 2.10 bits per heavy atom. The van der Waals surface area contributed by atoms with Gasteiger partial charge in [-0.15, -0.1) is 0 Å². The predicted octanol–water partition coefficient (Wildman–Crippen LogP) is 3.10. The standard InChI is InChI=1S/C21H25ClN6.O2S/c1-13-8-17-16(20(25-12-24-17)14-4-3-7-27(2)10-14)11-28(13)18-9-19(22)26-21-15(18)5-6-23-21;1-3-2/h5-6,9,12-14H,3-4,7-8,10-11H2,1-2H3,(H,23,26);/t13-,14?;/m1./s1. The molecule has 1 unspecified atom stereocenters. The number of halogens is 1. The Balaban J connectivity index is 0.000000730. The summed E-state index contributed by atoms with van der Waals surface area (Å²) in [6, 6.07) is 4.40. The van der Waals surface area contributed by atoms with Gasteiger partial charge in [-0.1, -0.05) is 11.6 Å². The van der Waals surface area contributed by atoms with Crippen molar-refractivity contribution in [2.45, 2.75) is 44.7 Å². The number of anilines is 1. The van der Waals surface area contributed by atoms with E-state index in [-0.39, 0.29) is 0 Å². The summed E-state index contributed by atoms with van der Waals surface area (Å²) in [5.74, 6) is 0.485. The number of aromatic nitrogens is 4. The summed E-state index contributed by atoms with van der Waals surface area (Å²) >= 11 is 5.58. The second kappa shape index (κ2) is 9.42. The third-order valence-electron chi connectivity index (χ3n) is 6.21. The molecule has 3 aromatic heterocycles. The molecule has 0 amide bonds. The van der Waals surface area contributed by atoms with E-state index in [1.807, 2.05) is 12.3 Å². The monoisotopic (exact) mass is 460 g/mol. The van der Waals surface area contributed by atoms with Crippen molar-refractivity contribution in [1.82, 2.24) is 24.8 Å². The molecule has 10 heteroatoms. The highest BCUT2D eigenvalue weighted by Crippen LogP contribution is 2.37. The lowest BCUT2D eigenvalue weighted by atomic mass is 9.88. The van der Waals surface area contributed by atoms with Crippen molar-refractivity contribution in [3.05, 3.63) is 46.8 Å². The van der Waals surface area contributed by atoms with Gasteiger partial charge in [-0.25, -0.2) is 15.0 Å². The number of aromatic amines is 1. The van der Waals surface area contributed by atoms with Gasteiger partial charge in [0.1, 0.15) is 17.1 Å². The molecule has 0 aromatic carbocycles. The first-order valence-corrected chi connectivity index (χ1v) is 11.4. The van der Waals surface area contributed by atoms with Gasteiger partial charge in [0.25, 0.3) is 0 Å². The largest absolute Gasteiger partial charge is 0.363 e. The number of hydrogen-bond acceptors (Lipinski definition) is 7. The molecule has 3 aromatic rings. The third-order valence-corrected chi connectivity index (χ3v) is 6.41. The summed E-state index contributed by atoms with van der Waals surface area (Å²) in [6.07, 6.45) is 7.03. The van der Waals surface area contributed by atoms with Crippen LogP contribution in [-0.4, -0.2) is 59.4 Å². The fourth-order valence-electron chi connectivity index (χ4n) is 4.82. The van der Waals surface area contributed by atoms with Gasteiger partial charge < -0.3 is 14.8 Å². The maximum Gasteiger partial charge on any atom is 0.335 e. The van der Waals surface area contributed by atoms with E-state index in [4.69, 9.17) is 25.0 Å². The van der Waals surface area contributed by atoms with Crippen LogP contribution in [0.25, 0.3) is 11.0 Å². The summed E-state index contributed by atoms with van der Waals surface area (Å²) in [5, 5.41) is 1.62. The highest BCUT2D eigenvalue weighted by molar-refractivity contribution is 7.51. The van der Waals surface area contributed by atoms with E-state index in [1.54, 1.807) is 6.33 Å². The SMILES string of the molecule is C[C@@H]1Cc2ncnc(C3CCCN(C)C3)c2CN1c1cc(Cl)nc2[nH]ccc12.O=S=O. The van der Waals surface area contributed by atoms with E-state index >= 15 is 0 Å². The van der Waals surface area contributed by atoms with Crippen LogP contribution < -0.4 is 4.90 Å². The summed E-state index contributed by atoms with van der Waals surface area (Å²) in [4.78, 5) is 21.9. The normalized spacial score (nSPS) is 21.3. The number of likely N-dealkylation sites (tertiary alicyclic amines) is 1. The predicted molar refractivity (Wildman–Crippen MR) is 121 cm³/mol. The Labute approximate surface area is 189 Å². The molecule has 8 nitrogen and oxygen atoms in total. The summed E-state index contributed by atoms with van der Waals surface area (Å²) in [5.41, 5.74) is 5.70. The van der Waals surface area contributed by atoms with Crippen molar-refractivity contribution in [1.29, 1.82) is 0 Å². The Morgan fingerprint density at radius 3 is 2.87 bits per heavy atom. The fourth-order valence-corrected chi connectivity index (χ4v) is 5.01. The maximum absolute atomic E-state index is 8.29. The molecule has 1 fully saturated rings. The zero-order valence-corrected chi connectivity index (χ0v) is 19.1. The topological polar surface area (TPSA) is 95.1 Å². The first kappa shape index (κ1) is 21.9. The molecule has 1 N–H and O–H groups in total. The van der Waals surface area contributed by atoms with Gasteiger partial charge in [-0.05, 0) is 45.5 Å². The van der Waals surface area contributed by atoms with Gasteiger partial charge in [0.05, 0.1) is 17.1 Å². The van der Waals surface area contributed by atoms with E-state index in [1.165, 1.54) is 36.3 Å². The number of rotatable bonds is 2. The molecule has 5 heterocycles. The van der Waals surface area contributed by atoms with Crippen LogP contribution in [0, 0.1) is 0 Å². The van der Waals surface area contributed by atoms with Crippen LogP contribution in [0.15, 0.2) is 24.7 Å². The number of pyridine rings is 1. The van der Waals surface area contributed by atoms with Crippen molar-refractivity contribution in [2.75, 3.05) is 25.0 Å². The number of hydrogen-bond donors (Lipinski definition) is 1. The van der Waals surface area contributed by atoms with Gasteiger partial charge in [-0.2, -0.15) is 8.42 Å². The minimum atomic E-state index is -0.750. The van der Waals surface area contributed by atoms with Crippen LogP contribution in [0.4, 0.5) is 5.69 Å². The van der Waals surface area contributed by atoms with Crippen molar-refractivity contribution >= 4 is 39.9 Å². The highest BCUT2D eigenvalue weighted by atomic mass is 35.5. The van der Waals surface area contributed by atoms with Gasteiger partial charge in [0.2, 0.25) is 0 Å². The number of H-pyrrole nitrogens is 1. The number of fused-ring (bicyclic) bond motifs is 2. The van der Waals surface area contributed by atoms with Gasteiger partial charge in [-0.3, -0.25) is 0 Å². The summed E-state index contributed by atoms with van der Waals surface area (Å²) < 4.78 is 16.6. The highest BCUT2D eigenvalue weighted by Gasteiger charge is 2.31. The molecule has 0 radical (unpaired) electrons. The van der Waals surface area contributed by atoms with E-state index < -0.39 is 11.6 Å². The molecule has 0 aliphatic carbocycles. The van der Waals surface area contributed by atoms with Gasteiger partial charge >= 0.3 is 11.6 Å². The molecule has 5 rings (SSSR count). The molecule has 0 bridgehead atoms. The van der Waals surface area contributed by atoms with Crippen LogP contribution in [0.3, 0.4) is 0 Å². The van der Waals surface area contributed by atoms with Crippen LogP contribution in [0.1, 0.15) is 42.6 Å². The molecule has 2 atom stereocenters. The molecular formula is C21H25ClN6O2S. The average Bonchev–Trinajstić information content (AvgIpc) is 3.21. The van der Waals surface area contributed by atoms with Crippen LogP contribution in [0.5, 0.6) is 0 Å². The number of piperidine rings is 1. The lowest BCUT2D eigenvalue weighted by Crippen LogP contribution is -2.40. The first-order chi connectivity index (χ1) is 15.0. The summed E-state index contributed by atoms with van der Waals surface area (Å²) in [6.45, 7) is 5.31. The summed E-state index contributed by atoms with van der Waals surface area (Å²) in [7, 11) is 2.20. The Bertz CT molecular complexity index is 1120. The van der Waals surface area contributed by atoms with E-state index in [2.05, 4.69) is 44.8 Å². The van der Waals surface area contributed by atoms with E-state index in [0.717, 1.165) is 36.2 Å². The number of nitrogens with one attached hydrogen (secondary N) is 1. The Hall–Kier alpha value is -2.36. The third kappa shape index (κ3) is 4.49. The quantitative estimate of drug-likeness (QED) is 0.587. The van der Waals surface area contributed by atoms with E-state index in [9.17, 15) is 0 Å². The minimum absolute atomic E-state index is 0.334. The zero-order valence-electron chi connectivity index (χ0n) is 17.5. The molecule has 164 valence electrons. The van der Waals surface area contributed by atoms with Crippen molar-refractivity contribution in [3.8, 4) is 0 Å². The molecule has 2 aliphatic rings. The Kier molecular flexibility index (Phi) is 6.64. The number of nitrogens with zero attached hydrogens (tertiary/aromatic N) is 5. The maximum atomic E-state index is 8.29.